The molecule has 4 nitrogen and oxygen atoms in total. The Morgan fingerprint density at radius 1 is 1.43 bits per heavy atom. The minimum atomic E-state index is -4.85. The van der Waals surface area contributed by atoms with Crippen molar-refractivity contribution in [2.24, 2.45) is 5.73 Å². The molecular weight excluding hydrogens is 292 g/mol. The number of ether oxygens (including phenoxy) is 1. The van der Waals surface area contributed by atoms with E-state index in [4.69, 9.17) is 10.5 Å². The molecule has 0 aliphatic heterocycles. The second-order valence-electron chi connectivity index (χ2n) is 4.45. The number of benzene rings is 1. The zero-order valence-electron chi connectivity index (χ0n) is 11.3. The highest BCUT2D eigenvalue weighted by Crippen LogP contribution is 2.31. The molecule has 0 aliphatic carbocycles. The molecule has 0 radical (unpaired) electrons. The lowest BCUT2D eigenvalue weighted by Gasteiger charge is -2.12. The van der Waals surface area contributed by atoms with Crippen molar-refractivity contribution in [1.29, 1.82) is 0 Å². The van der Waals surface area contributed by atoms with E-state index >= 15 is 0 Å². The van der Waals surface area contributed by atoms with Crippen LogP contribution < -0.4 is 11.1 Å². The molecular formula is C13H16F4N2O2. The number of hydrogen-bond acceptors (Lipinski definition) is 3. The van der Waals surface area contributed by atoms with Crippen LogP contribution in [0.3, 0.4) is 0 Å². The number of nitrogens with two attached hydrogens (primary N) is 1. The summed E-state index contributed by atoms with van der Waals surface area (Å²) in [6.45, 7) is 0.493. The molecule has 3 N–H and O–H groups in total. The highest BCUT2D eigenvalue weighted by molar-refractivity contribution is 5.94. The first-order chi connectivity index (χ1) is 9.75. The number of nitrogens with one attached hydrogen (secondary N) is 1. The summed E-state index contributed by atoms with van der Waals surface area (Å²) in [7, 11) is 1.48. The first-order valence-electron chi connectivity index (χ1n) is 6.15. The molecule has 0 spiro atoms. The molecule has 0 bridgehead atoms. The van der Waals surface area contributed by atoms with Crippen LogP contribution in [0.15, 0.2) is 18.2 Å². The van der Waals surface area contributed by atoms with Crippen LogP contribution in [0.25, 0.3) is 0 Å². The van der Waals surface area contributed by atoms with E-state index in [0.717, 1.165) is 6.07 Å². The fourth-order valence-electron chi connectivity index (χ4n) is 1.65. The summed E-state index contributed by atoms with van der Waals surface area (Å²) in [5.41, 5.74) is 3.91. The molecule has 0 saturated carbocycles. The molecule has 1 atom stereocenters. The molecule has 0 saturated heterocycles. The van der Waals surface area contributed by atoms with Crippen molar-refractivity contribution in [2.45, 2.75) is 18.6 Å². The first kappa shape index (κ1) is 17.4. The van der Waals surface area contributed by atoms with Gasteiger partial charge in [-0.15, -0.1) is 0 Å². The van der Waals surface area contributed by atoms with Gasteiger partial charge in [0, 0.05) is 25.3 Å². The van der Waals surface area contributed by atoms with Gasteiger partial charge in [-0.25, -0.2) is 4.39 Å². The van der Waals surface area contributed by atoms with Gasteiger partial charge in [0.2, 0.25) is 0 Å². The van der Waals surface area contributed by atoms with Crippen LogP contribution in [0.4, 0.5) is 17.6 Å². The van der Waals surface area contributed by atoms with Gasteiger partial charge in [-0.05, 0) is 24.6 Å². The van der Waals surface area contributed by atoms with E-state index in [9.17, 15) is 22.4 Å². The van der Waals surface area contributed by atoms with Crippen LogP contribution in [0.2, 0.25) is 0 Å². The van der Waals surface area contributed by atoms with Crippen molar-refractivity contribution >= 4 is 5.91 Å². The van der Waals surface area contributed by atoms with Gasteiger partial charge < -0.3 is 15.8 Å². The minimum absolute atomic E-state index is 0.183. The molecule has 0 aromatic heterocycles. The number of rotatable bonds is 6. The van der Waals surface area contributed by atoms with Crippen molar-refractivity contribution < 1.29 is 27.1 Å². The van der Waals surface area contributed by atoms with Crippen LogP contribution in [0, 0.1) is 5.82 Å². The van der Waals surface area contributed by atoms with Crippen LogP contribution in [-0.2, 0) is 10.9 Å². The average molecular weight is 308 g/mol. The Morgan fingerprint density at radius 2 is 2.10 bits per heavy atom. The van der Waals surface area contributed by atoms with Crippen molar-refractivity contribution in [3.63, 3.8) is 0 Å². The lowest BCUT2D eigenvalue weighted by atomic mass is 10.1. The third-order valence-electron chi connectivity index (χ3n) is 2.72. The van der Waals surface area contributed by atoms with Gasteiger partial charge in [0.05, 0.1) is 12.2 Å². The number of carbonyl (C=O) groups is 1. The largest absolute Gasteiger partial charge is 0.419 e. The molecule has 0 heterocycles. The summed E-state index contributed by atoms with van der Waals surface area (Å²) in [4.78, 5) is 11.7. The average Bonchev–Trinajstić information content (AvgIpc) is 2.38. The monoisotopic (exact) mass is 308 g/mol. The van der Waals surface area contributed by atoms with E-state index < -0.39 is 23.5 Å². The second-order valence-corrected chi connectivity index (χ2v) is 4.45. The van der Waals surface area contributed by atoms with Gasteiger partial charge in [-0.1, -0.05) is 0 Å². The van der Waals surface area contributed by atoms with Crippen molar-refractivity contribution in [3.8, 4) is 0 Å². The third kappa shape index (κ3) is 5.31. The Morgan fingerprint density at radius 3 is 2.67 bits per heavy atom. The smallest absolute Gasteiger partial charge is 0.383 e. The number of alkyl halides is 3. The van der Waals surface area contributed by atoms with Crippen LogP contribution in [0.1, 0.15) is 22.3 Å². The van der Waals surface area contributed by atoms with E-state index in [1.54, 1.807) is 0 Å². The van der Waals surface area contributed by atoms with Crippen LogP contribution in [-0.4, -0.2) is 32.2 Å². The molecule has 118 valence electrons. The lowest BCUT2D eigenvalue weighted by molar-refractivity contribution is -0.140. The number of carbonyl (C=O) groups excluding carboxylic acids is 1. The summed E-state index contributed by atoms with van der Waals surface area (Å²) in [5.74, 6) is -2.13. The molecule has 1 aromatic rings. The normalized spacial score (nSPS) is 13.0. The topological polar surface area (TPSA) is 64.3 Å². The van der Waals surface area contributed by atoms with Gasteiger partial charge in [-0.2, -0.15) is 13.2 Å². The van der Waals surface area contributed by atoms with E-state index in [-0.39, 0.29) is 18.2 Å². The third-order valence-corrected chi connectivity index (χ3v) is 2.72. The highest BCUT2D eigenvalue weighted by Gasteiger charge is 2.34. The summed E-state index contributed by atoms with van der Waals surface area (Å²) in [5, 5.41) is 2.42. The standard InChI is InChI=1S/C13H16F4N2O2/c1-21-7-9(18)4-5-19-12(20)8-2-3-11(14)10(6-8)13(15,16)17/h2-3,6,9H,4-5,7,18H2,1H3,(H,19,20). The first-order valence-corrected chi connectivity index (χ1v) is 6.15. The van der Waals surface area contributed by atoms with E-state index in [2.05, 4.69) is 5.32 Å². The minimum Gasteiger partial charge on any atom is -0.383 e. The maximum Gasteiger partial charge on any atom is 0.419 e. The summed E-state index contributed by atoms with van der Waals surface area (Å²) in [6, 6.07) is 1.82. The Hall–Kier alpha value is -1.67. The Balaban J connectivity index is 2.67. The predicted octanol–water partition coefficient (Wildman–Crippen LogP) is 1.94. The number of amides is 1. The zero-order chi connectivity index (χ0) is 16.0. The summed E-state index contributed by atoms with van der Waals surface area (Å²) in [6.07, 6.45) is -4.44. The predicted molar refractivity (Wildman–Crippen MR) is 68.2 cm³/mol. The van der Waals surface area contributed by atoms with E-state index in [1.165, 1.54) is 7.11 Å². The Bertz CT molecular complexity index is 492. The van der Waals surface area contributed by atoms with Gasteiger partial charge in [0.1, 0.15) is 5.82 Å². The zero-order valence-corrected chi connectivity index (χ0v) is 11.3. The molecule has 0 fully saturated rings. The molecule has 8 heteroatoms. The SMILES string of the molecule is COCC(N)CCNC(=O)c1ccc(F)c(C(F)(F)F)c1. The number of halogens is 4. The van der Waals surface area contributed by atoms with Gasteiger partial charge >= 0.3 is 6.18 Å². The Kier molecular flexibility index (Phi) is 6.10. The van der Waals surface area contributed by atoms with Crippen molar-refractivity contribution in [2.75, 3.05) is 20.3 Å². The lowest BCUT2D eigenvalue weighted by Crippen LogP contribution is -2.33. The van der Waals surface area contributed by atoms with Crippen LogP contribution in [0.5, 0.6) is 0 Å². The highest BCUT2D eigenvalue weighted by atomic mass is 19.4. The quantitative estimate of drug-likeness (QED) is 0.789. The van der Waals surface area contributed by atoms with Crippen molar-refractivity contribution in [3.05, 3.63) is 35.1 Å². The van der Waals surface area contributed by atoms with Gasteiger partial charge in [-0.3, -0.25) is 4.79 Å². The second kappa shape index (κ2) is 7.37. The molecule has 21 heavy (non-hydrogen) atoms. The fraction of sp³-hybridized carbons (Fsp3) is 0.462. The Labute approximate surface area is 119 Å². The van der Waals surface area contributed by atoms with Crippen molar-refractivity contribution in [1.82, 2.24) is 5.32 Å². The van der Waals surface area contributed by atoms with E-state index in [1.807, 2.05) is 0 Å². The molecule has 1 amide bonds. The fourth-order valence-corrected chi connectivity index (χ4v) is 1.65. The molecule has 1 rings (SSSR count). The van der Waals surface area contributed by atoms with Gasteiger partial charge in [0.15, 0.2) is 0 Å². The number of hydrogen-bond donors (Lipinski definition) is 2. The van der Waals surface area contributed by atoms with Crippen LogP contribution >= 0.6 is 0 Å². The molecule has 1 aromatic carbocycles. The number of methoxy groups -OCH3 is 1. The maximum absolute atomic E-state index is 13.1. The van der Waals surface area contributed by atoms with E-state index in [0.29, 0.717) is 25.2 Å². The molecule has 0 aliphatic rings. The summed E-state index contributed by atoms with van der Waals surface area (Å²) < 4.78 is 55.5. The van der Waals surface area contributed by atoms with Gasteiger partial charge in [0.25, 0.3) is 5.91 Å². The molecule has 1 unspecified atom stereocenters. The maximum atomic E-state index is 13.1. The summed E-state index contributed by atoms with van der Waals surface area (Å²) >= 11 is 0.